The zero-order valence-electron chi connectivity index (χ0n) is 24.0. The van der Waals surface area contributed by atoms with E-state index in [-0.39, 0.29) is 29.8 Å². The van der Waals surface area contributed by atoms with Crippen LogP contribution in [-0.4, -0.2) is 43.7 Å². The minimum absolute atomic E-state index is 0.0252. The highest BCUT2D eigenvalue weighted by atomic mass is 19.4. The summed E-state index contributed by atoms with van der Waals surface area (Å²) in [6.45, 7) is 2.18. The topological polar surface area (TPSA) is 99.8 Å². The summed E-state index contributed by atoms with van der Waals surface area (Å²) in [5, 5.41) is 5.85. The number of amidine groups is 1. The lowest BCUT2D eigenvalue weighted by Crippen LogP contribution is -2.17. The first kappa shape index (κ1) is 30.5. The van der Waals surface area contributed by atoms with E-state index < -0.39 is 17.6 Å². The molecule has 7 nitrogen and oxygen atoms in total. The number of halogens is 3. The Hall–Kier alpha value is -4.44. The van der Waals surface area contributed by atoms with Crippen molar-refractivity contribution in [3.63, 3.8) is 0 Å². The molecule has 4 rings (SSSR count). The lowest BCUT2D eigenvalue weighted by atomic mass is 9.97. The fourth-order valence-electron chi connectivity index (χ4n) is 4.54. The number of hydrogen-bond acceptors (Lipinski definition) is 4. The molecule has 1 saturated carbocycles. The summed E-state index contributed by atoms with van der Waals surface area (Å²) in [7, 11) is 5.24. The van der Waals surface area contributed by atoms with E-state index in [1.54, 1.807) is 44.3 Å². The van der Waals surface area contributed by atoms with Crippen molar-refractivity contribution >= 4 is 29.0 Å². The van der Waals surface area contributed by atoms with E-state index in [1.807, 2.05) is 37.3 Å². The molecule has 1 aliphatic rings. The van der Waals surface area contributed by atoms with Crippen LogP contribution in [0.4, 0.5) is 18.9 Å². The number of carbonyl (C=O) groups is 2. The molecule has 0 aliphatic heterocycles. The number of carbonyl (C=O) groups excluding carboxylic acids is 2. The Balaban J connectivity index is 1.61. The monoisotopic (exact) mass is 577 g/mol. The minimum Gasteiger partial charge on any atom is -0.388 e. The molecule has 1 aliphatic carbocycles. The van der Waals surface area contributed by atoms with Crippen LogP contribution in [0.25, 0.3) is 16.8 Å². The number of nitrogens with zero attached hydrogens (tertiary/aromatic N) is 2. The van der Waals surface area contributed by atoms with Gasteiger partial charge < -0.3 is 21.3 Å². The maximum Gasteiger partial charge on any atom is 0.416 e. The van der Waals surface area contributed by atoms with Crippen LogP contribution >= 0.6 is 0 Å². The first-order valence-electron chi connectivity index (χ1n) is 13.5. The first-order chi connectivity index (χ1) is 19.8. The van der Waals surface area contributed by atoms with Crippen LogP contribution in [-0.2, 0) is 17.5 Å². The summed E-state index contributed by atoms with van der Waals surface area (Å²) in [6.07, 6.45) is -1.28. The number of rotatable bonds is 9. The van der Waals surface area contributed by atoms with Gasteiger partial charge in [0.05, 0.1) is 5.56 Å². The maximum atomic E-state index is 13.6. The third-order valence-electron chi connectivity index (χ3n) is 6.79. The van der Waals surface area contributed by atoms with Crippen LogP contribution in [0.1, 0.15) is 45.5 Å². The van der Waals surface area contributed by atoms with Gasteiger partial charge in [0.1, 0.15) is 5.84 Å². The summed E-state index contributed by atoms with van der Waals surface area (Å²) in [6, 6.07) is 16.4. The molecule has 0 saturated heterocycles. The maximum absolute atomic E-state index is 13.6. The minimum atomic E-state index is -4.58. The van der Waals surface area contributed by atoms with Gasteiger partial charge in [0.15, 0.2) is 0 Å². The van der Waals surface area contributed by atoms with Gasteiger partial charge in [-0.05, 0) is 98.1 Å². The van der Waals surface area contributed by atoms with Crippen molar-refractivity contribution in [1.29, 1.82) is 0 Å². The van der Waals surface area contributed by atoms with Gasteiger partial charge in [-0.25, -0.2) is 0 Å². The lowest BCUT2D eigenvalue weighted by molar-refractivity contribution is -0.137. The van der Waals surface area contributed by atoms with Crippen molar-refractivity contribution in [3.05, 3.63) is 94.6 Å². The van der Waals surface area contributed by atoms with Crippen LogP contribution in [0.2, 0.25) is 0 Å². The molecule has 0 spiro atoms. The molecule has 220 valence electrons. The van der Waals surface area contributed by atoms with Gasteiger partial charge in [-0.1, -0.05) is 24.3 Å². The number of nitrogens with two attached hydrogens (primary N) is 1. The predicted molar refractivity (Wildman–Crippen MR) is 160 cm³/mol. The second-order valence-electron chi connectivity index (χ2n) is 10.7. The summed E-state index contributed by atoms with van der Waals surface area (Å²) in [4.78, 5) is 30.9. The average molecular weight is 578 g/mol. The van der Waals surface area contributed by atoms with Gasteiger partial charge in [0.2, 0.25) is 0 Å². The van der Waals surface area contributed by atoms with Crippen LogP contribution in [0.3, 0.4) is 0 Å². The molecule has 3 aromatic carbocycles. The molecule has 1 fully saturated rings. The van der Waals surface area contributed by atoms with E-state index in [4.69, 9.17) is 5.73 Å². The number of alkyl halides is 3. The summed E-state index contributed by atoms with van der Waals surface area (Å²) in [5.41, 5.74) is 9.98. The third-order valence-corrected chi connectivity index (χ3v) is 6.79. The molecular formula is C32H34F3N5O2. The van der Waals surface area contributed by atoms with E-state index in [9.17, 15) is 22.8 Å². The molecule has 10 heteroatoms. The Morgan fingerprint density at radius 1 is 1.05 bits per heavy atom. The number of nitrogens with one attached hydrogen (secondary N) is 2. The molecule has 0 unspecified atom stereocenters. The lowest BCUT2D eigenvalue weighted by Gasteiger charge is -2.16. The van der Waals surface area contributed by atoms with Crippen LogP contribution in [0.5, 0.6) is 0 Å². The normalized spacial score (nSPS) is 14.2. The quantitative estimate of drug-likeness (QED) is 0.219. The van der Waals surface area contributed by atoms with Crippen molar-refractivity contribution in [1.82, 2.24) is 10.2 Å². The molecule has 4 N–H and O–H groups in total. The largest absolute Gasteiger partial charge is 0.416 e. The highest BCUT2D eigenvalue weighted by molar-refractivity contribution is 6.05. The Bertz CT molecular complexity index is 1560. The highest BCUT2D eigenvalue weighted by Gasteiger charge is 2.32. The Morgan fingerprint density at radius 2 is 1.79 bits per heavy atom. The van der Waals surface area contributed by atoms with Gasteiger partial charge in [-0.2, -0.15) is 18.2 Å². The van der Waals surface area contributed by atoms with Gasteiger partial charge >= 0.3 is 6.18 Å². The summed E-state index contributed by atoms with van der Waals surface area (Å²) in [5.74, 6) is -0.754. The Morgan fingerprint density at radius 3 is 2.43 bits per heavy atom. The van der Waals surface area contributed by atoms with Crippen molar-refractivity contribution in [3.8, 4) is 11.1 Å². The molecule has 0 atom stereocenters. The van der Waals surface area contributed by atoms with Crippen LogP contribution in [0.15, 0.2) is 71.7 Å². The third kappa shape index (κ3) is 7.85. The smallest absolute Gasteiger partial charge is 0.388 e. The average Bonchev–Trinajstić information content (AvgIpc) is 3.78. The van der Waals surface area contributed by atoms with E-state index in [2.05, 4.69) is 15.6 Å². The fourth-order valence-corrected chi connectivity index (χ4v) is 4.54. The van der Waals surface area contributed by atoms with Crippen molar-refractivity contribution < 1.29 is 22.8 Å². The zero-order valence-corrected chi connectivity index (χ0v) is 24.0. The molecule has 42 heavy (non-hydrogen) atoms. The van der Waals surface area contributed by atoms with Crippen LogP contribution in [0, 0.1) is 12.8 Å². The SMILES string of the molecule is CN/C(=C\C(N)=NC(=O)C1CC1)c1cccc(-c2cc(NC(=O)c3cc(CN(C)C)cc(C(F)(F)F)c3)ccc2C)c1. The number of aliphatic imine (C=N–C) groups is 1. The van der Waals surface area contributed by atoms with Crippen molar-refractivity contribution in [2.45, 2.75) is 32.5 Å². The summed E-state index contributed by atoms with van der Waals surface area (Å²) >= 11 is 0. The molecule has 0 heterocycles. The van der Waals surface area contributed by atoms with E-state index in [0.717, 1.165) is 47.2 Å². The molecule has 0 radical (unpaired) electrons. The van der Waals surface area contributed by atoms with Crippen LogP contribution < -0.4 is 16.4 Å². The van der Waals surface area contributed by atoms with Gasteiger partial charge in [0.25, 0.3) is 11.8 Å². The summed E-state index contributed by atoms with van der Waals surface area (Å²) < 4.78 is 40.7. The van der Waals surface area contributed by atoms with Crippen molar-refractivity contribution in [2.24, 2.45) is 16.6 Å². The number of benzene rings is 3. The van der Waals surface area contributed by atoms with E-state index in [1.165, 1.54) is 6.07 Å². The standard InChI is InChI=1S/C32H34F3N5O2/c1-19-8-11-26(38-31(42)24-12-20(18-40(3)4)13-25(15-24)32(33,34)35)16-27(19)22-6-5-7-23(14-22)28(37-2)17-29(36)39-30(41)21-9-10-21/h5-8,11-17,21,37H,9-10,18H2,1-4H3,(H,38,42)(H2,36,39,41)/b28-17-. The second kappa shape index (κ2) is 12.6. The Kier molecular flexibility index (Phi) is 9.16. The highest BCUT2D eigenvalue weighted by Crippen LogP contribution is 2.33. The number of hydrogen-bond donors (Lipinski definition) is 3. The fraction of sp³-hybridized carbons (Fsp3) is 0.281. The molecule has 3 aromatic rings. The molecule has 2 amide bonds. The van der Waals surface area contributed by atoms with E-state index in [0.29, 0.717) is 16.9 Å². The number of aryl methyl sites for hydroxylation is 1. The van der Waals surface area contributed by atoms with Crippen molar-refractivity contribution in [2.75, 3.05) is 26.5 Å². The van der Waals surface area contributed by atoms with Gasteiger partial charge in [-0.15, -0.1) is 0 Å². The second-order valence-corrected chi connectivity index (χ2v) is 10.7. The van der Waals surface area contributed by atoms with Gasteiger partial charge in [0, 0.05) is 42.5 Å². The zero-order chi connectivity index (χ0) is 30.6. The first-order valence-corrected chi connectivity index (χ1v) is 13.5. The van der Waals surface area contributed by atoms with Gasteiger partial charge in [-0.3, -0.25) is 9.59 Å². The Labute approximate surface area is 243 Å². The molecule has 0 bridgehead atoms. The van der Waals surface area contributed by atoms with E-state index >= 15 is 0 Å². The molecular weight excluding hydrogens is 543 g/mol. The number of amides is 2. The predicted octanol–water partition coefficient (Wildman–Crippen LogP) is 5.85. The number of anilines is 1. The molecule has 0 aromatic heterocycles.